The average Bonchev–Trinajstić information content (AvgIpc) is 3.04. The van der Waals surface area contributed by atoms with Crippen molar-refractivity contribution in [3.63, 3.8) is 0 Å². The molecule has 2 nitrogen and oxygen atoms in total. The maximum absolute atomic E-state index is 13.6. The first kappa shape index (κ1) is 16.6. The van der Waals surface area contributed by atoms with Gasteiger partial charge in [-0.15, -0.1) is 0 Å². The highest BCUT2D eigenvalue weighted by Gasteiger charge is 2.40. The number of alkyl halides is 3. The van der Waals surface area contributed by atoms with Crippen molar-refractivity contribution in [3.8, 4) is 5.69 Å². The second kappa shape index (κ2) is 6.48. The molecule has 1 aliphatic rings. The van der Waals surface area contributed by atoms with E-state index in [1.165, 1.54) is 4.68 Å². The van der Waals surface area contributed by atoms with Crippen LogP contribution in [0.4, 0.5) is 13.2 Å². The summed E-state index contributed by atoms with van der Waals surface area (Å²) in [6.07, 6.45) is -0.672. The third-order valence-corrected chi connectivity index (χ3v) is 4.57. The van der Waals surface area contributed by atoms with E-state index in [0.29, 0.717) is 29.8 Å². The highest BCUT2D eigenvalue weighted by Crippen LogP contribution is 2.41. The Labute approximate surface area is 149 Å². The van der Waals surface area contributed by atoms with Crippen LogP contribution in [0.15, 0.2) is 60.7 Å². The molecule has 2 aromatic carbocycles. The summed E-state index contributed by atoms with van der Waals surface area (Å²) in [6, 6.07) is 18.7. The van der Waals surface area contributed by atoms with Gasteiger partial charge in [-0.3, -0.25) is 0 Å². The van der Waals surface area contributed by atoms with E-state index in [-0.39, 0.29) is 0 Å². The SMILES string of the molecule is FC(F)(F)c1nn(-c2ccccc2)c2c1CCCC2=Cc1ccccc1. The van der Waals surface area contributed by atoms with Gasteiger partial charge >= 0.3 is 6.18 Å². The number of para-hydroxylation sites is 1. The molecule has 0 atom stereocenters. The molecule has 3 aromatic rings. The Morgan fingerprint density at radius 2 is 1.54 bits per heavy atom. The van der Waals surface area contributed by atoms with E-state index >= 15 is 0 Å². The summed E-state index contributed by atoms with van der Waals surface area (Å²) in [6.45, 7) is 0. The van der Waals surface area contributed by atoms with Crippen molar-refractivity contribution in [2.45, 2.75) is 25.4 Å². The number of aromatic nitrogens is 2. The lowest BCUT2D eigenvalue weighted by Gasteiger charge is -2.18. The monoisotopic (exact) mass is 354 g/mol. The minimum Gasteiger partial charge on any atom is -0.233 e. The Hall–Kier alpha value is -2.82. The molecule has 0 N–H and O–H groups in total. The predicted octanol–water partition coefficient (Wildman–Crippen LogP) is 5.77. The van der Waals surface area contributed by atoms with Gasteiger partial charge in [0.25, 0.3) is 0 Å². The first-order valence-electron chi connectivity index (χ1n) is 8.54. The Bertz CT molecular complexity index is 939. The van der Waals surface area contributed by atoms with E-state index in [1.54, 1.807) is 24.3 Å². The van der Waals surface area contributed by atoms with Gasteiger partial charge < -0.3 is 0 Å². The van der Waals surface area contributed by atoms with Crippen molar-refractivity contribution in [1.82, 2.24) is 9.78 Å². The Morgan fingerprint density at radius 3 is 2.19 bits per heavy atom. The van der Waals surface area contributed by atoms with Crippen molar-refractivity contribution in [2.24, 2.45) is 0 Å². The van der Waals surface area contributed by atoms with Crippen molar-refractivity contribution < 1.29 is 13.2 Å². The van der Waals surface area contributed by atoms with Crippen molar-refractivity contribution >= 4 is 11.6 Å². The van der Waals surface area contributed by atoms with E-state index in [4.69, 9.17) is 0 Å². The fraction of sp³-hybridized carbons (Fsp3) is 0.190. The quantitative estimate of drug-likeness (QED) is 0.571. The number of halogens is 3. The molecule has 0 radical (unpaired) electrons. The molecule has 0 unspecified atom stereocenters. The summed E-state index contributed by atoms with van der Waals surface area (Å²) in [7, 11) is 0. The first-order chi connectivity index (χ1) is 12.5. The molecule has 0 aliphatic heterocycles. The zero-order valence-corrected chi connectivity index (χ0v) is 14.0. The van der Waals surface area contributed by atoms with Gasteiger partial charge in [0.05, 0.1) is 11.4 Å². The molecular formula is C21H17F3N2. The largest absolute Gasteiger partial charge is 0.435 e. The molecule has 0 saturated carbocycles. The number of rotatable bonds is 2. The third-order valence-electron chi connectivity index (χ3n) is 4.57. The maximum Gasteiger partial charge on any atom is 0.435 e. The van der Waals surface area contributed by atoms with Crippen LogP contribution in [0, 0.1) is 0 Å². The minimum absolute atomic E-state index is 0.301. The number of hydrogen-bond acceptors (Lipinski definition) is 1. The van der Waals surface area contributed by atoms with Gasteiger partial charge in [0.2, 0.25) is 0 Å². The summed E-state index contributed by atoms with van der Waals surface area (Å²) < 4.78 is 42.1. The van der Waals surface area contributed by atoms with E-state index in [0.717, 1.165) is 17.6 Å². The second-order valence-electron chi connectivity index (χ2n) is 6.35. The number of allylic oxidation sites excluding steroid dienone is 1. The van der Waals surface area contributed by atoms with Crippen molar-refractivity contribution in [3.05, 3.63) is 83.2 Å². The van der Waals surface area contributed by atoms with Gasteiger partial charge in [-0.1, -0.05) is 48.5 Å². The van der Waals surface area contributed by atoms with Crippen LogP contribution >= 0.6 is 0 Å². The van der Waals surface area contributed by atoms with Gasteiger partial charge in [-0.05, 0) is 48.6 Å². The molecule has 26 heavy (non-hydrogen) atoms. The maximum atomic E-state index is 13.6. The van der Waals surface area contributed by atoms with Gasteiger partial charge in [-0.25, -0.2) is 4.68 Å². The second-order valence-corrected chi connectivity index (χ2v) is 6.35. The van der Waals surface area contributed by atoms with Crippen LogP contribution in [-0.4, -0.2) is 9.78 Å². The molecular weight excluding hydrogens is 337 g/mol. The molecule has 0 saturated heterocycles. The van der Waals surface area contributed by atoms with Gasteiger partial charge in [0.1, 0.15) is 0 Å². The van der Waals surface area contributed by atoms with Crippen molar-refractivity contribution in [2.75, 3.05) is 0 Å². The zero-order valence-electron chi connectivity index (χ0n) is 14.0. The minimum atomic E-state index is -4.46. The van der Waals surface area contributed by atoms with Crippen LogP contribution in [0.25, 0.3) is 17.3 Å². The molecule has 4 rings (SSSR count). The molecule has 1 aromatic heterocycles. The normalized spacial score (nSPS) is 15.9. The van der Waals surface area contributed by atoms with Gasteiger partial charge in [0.15, 0.2) is 5.69 Å². The van der Waals surface area contributed by atoms with Crippen LogP contribution < -0.4 is 0 Å². The van der Waals surface area contributed by atoms with Crippen LogP contribution in [0.2, 0.25) is 0 Å². The predicted molar refractivity (Wildman–Crippen MR) is 95.8 cm³/mol. The van der Waals surface area contributed by atoms with Gasteiger partial charge in [-0.2, -0.15) is 18.3 Å². The number of nitrogens with zero attached hydrogens (tertiary/aromatic N) is 2. The van der Waals surface area contributed by atoms with Crippen LogP contribution in [-0.2, 0) is 12.6 Å². The lowest BCUT2D eigenvalue weighted by Crippen LogP contribution is -2.11. The molecule has 1 aliphatic carbocycles. The number of hydrogen-bond donors (Lipinski definition) is 0. The van der Waals surface area contributed by atoms with E-state index in [9.17, 15) is 13.2 Å². The highest BCUT2D eigenvalue weighted by atomic mass is 19.4. The molecule has 0 amide bonds. The number of fused-ring (bicyclic) bond motifs is 1. The van der Waals surface area contributed by atoms with E-state index in [1.807, 2.05) is 42.5 Å². The summed E-state index contributed by atoms with van der Waals surface area (Å²) >= 11 is 0. The average molecular weight is 354 g/mol. The zero-order chi connectivity index (χ0) is 18.1. The topological polar surface area (TPSA) is 17.8 Å². The van der Waals surface area contributed by atoms with Gasteiger partial charge in [0, 0.05) is 5.56 Å². The summed E-state index contributed by atoms with van der Waals surface area (Å²) in [5.74, 6) is 0. The van der Waals surface area contributed by atoms with E-state index < -0.39 is 11.9 Å². The Morgan fingerprint density at radius 1 is 0.885 bits per heavy atom. The Balaban J connectivity index is 1.94. The lowest BCUT2D eigenvalue weighted by molar-refractivity contribution is -0.142. The van der Waals surface area contributed by atoms with Crippen LogP contribution in [0.5, 0.6) is 0 Å². The lowest BCUT2D eigenvalue weighted by atomic mass is 9.89. The Kier molecular flexibility index (Phi) is 4.15. The van der Waals surface area contributed by atoms with E-state index in [2.05, 4.69) is 5.10 Å². The summed E-state index contributed by atoms with van der Waals surface area (Å²) in [4.78, 5) is 0. The molecule has 5 heteroatoms. The summed E-state index contributed by atoms with van der Waals surface area (Å²) in [5, 5.41) is 3.98. The van der Waals surface area contributed by atoms with Crippen molar-refractivity contribution in [1.29, 1.82) is 0 Å². The molecule has 0 fully saturated rings. The smallest absolute Gasteiger partial charge is 0.233 e. The van der Waals surface area contributed by atoms with Crippen LogP contribution in [0.3, 0.4) is 0 Å². The molecule has 0 bridgehead atoms. The first-order valence-corrected chi connectivity index (χ1v) is 8.54. The number of benzene rings is 2. The standard InChI is InChI=1S/C21H17F3N2/c22-21(23,24)20-18-13-7-10-16(14-15-8-3-1-4-9-15)19(18)26(25-20)17-11-5-2-6-12-17/h1-6,8-9,11-12,14H,7,10,13H2. The summed E-state index contributed by atoms with van der Waals surface area (Å²) in [5.41, 5.74) is 2.62. The fourth-order valence-electron chi connectivity index (χ4n) is 3.47. The van der Waals surface area contributed by atoms with Crippen LogP contribution in [0.1, 0.15) is 35.4 Å². The molecule has 1 heterocycles. The highest BCUT2D eigenvalue weighted by molar-refractivity contribution is 5.83. The molecule has 132 valence electrons. The third kappa shape index (κ3) is 3.05. The molecule has 0 spiro atoms. The fourth-order valence-corrected chi connectivity index (χ4v) is 3.47.